The summed E-state index contributed by atoms with van der Waals surface area (Å²) in [4.78, 5) is 10.3. The van der Waals surface area contributed by atoms with Gasteiger partial charge in [0.15, 0.2) is 0 Å². The molecule has 0 aromatic heterocycles. The molecular weight excluding hydrogens is 197 g/mol. The molecule has 0 aromatic carbocycles. The van der Waals surface area contributed by atoms with E-state index < -0.39 is 21.9 Å². The van der Waals surface area contributed by atoms with Gasteiger partial charge in [-0.05, 0) is 6.08 Å². The van der Waals surface area contributed by atoms with Crippen molar-refractivity contribution < 1.29 is 70.6 Å². The molecule has 0 aliphatic carbocycles. The standard InChI is InChI=1S/C4H7NO4S.K.H/c1-2-4(6)5-3-10(7,8)9;;/h2H,1,3H2,(H,5,6)(H,7,8,9);;/q;+1;-1. The molecule has 0 saturated carbocycles. The van der Waals surface area contributed by atoms with E-state index in [2.05, 4.69) is 6.58 Å². The van der Waals surface area contributed by atoms with Crippen LogP contribution in [0, 0.1) is 0 Å². The summed E-state index contributed by atoms with van der Waals surface area (Å²) in [6, 6.07) is 0. The zero-order chi connectivity index (χ0) is 8.20. The topological polar surface area (TPSA) is 83.5 Å². The summed E-state index contributed by atoms with van der Waals surface area (Å²) in [6.07, 6.45) is 0.908. The Bertz CT molecular complexity index is 239. The van der Waals surface area contributed by atoms with Crippen LogP contribution in [0.5, 0.6) is 0 Å². The first-order valence-corrected chi connectivity index (χ1v) is 3.92. The van der Waals surface area contributed by atoms with E-state index >= 15 is 0 Å². The smallest absolute Gasteiger partial charge is 1.00 e. The third kappa shape index (κ3) is 10.8. The average molecular weight is 205 g/mol. The Labute approximate surface area is 109 Å². The first-order valence-electron chi connectivity index (χ1n) is 2.31. The number of amides is 1. The minimum Gasteiger partial charge on any atom is -1.00 e. The van der Waals surface area contributed by atoms with Crippen LogP contribution < -0.4 is 56.7 Å². The van der Waals surface area contributed by atoms with E-state index in [-0.39, 0.29) is 52.8 Å². The van der Waals surface area contributed by atoms with Gasteiger partial charge in [0.1, 0.15) is 5.88 Å². The molecule has 0 atom stereocenters. The van der Waals surface area contributed by atoms with E-state index in [0.29, 0.717) is 0 Å². The van der Waals surface area contributed by atoms with E-state index in [1.807, 2.05) is 5.32 Å². The van der Waals surface area contributed by atoms with Gasteiger partial charge in [0.2, 0.25) is 5.91 Å². The van der Waals surface area contributed by atoms with Crippen LogP contribution in [-0.4, -0.2) is 24.8 Å². The third-order valence-corrected chi connectivity index (χ3v) is 1.12. The molecule has 7 heteroatoms. The maximum Gasteiger partial charge on any atom is 1.00 e. The van der Waals surface area contributed by atoms with Crippen LogP contribution in [0.4, 0.5) is 0 Å². The second-order valence-corrected chi connectivity index (χ2v) is 2.92. The second kappa shape index (κ2) is 6.29. The zero-order valence-electron chi connectivity index (χ0n) is 7.07. The summed E-state index contributed by atoms with van der Waals surface area (Å²) >= 11 is 0. The Kier molecular flexibility index (Phi) is 8.17. The van der Waals surface area contributed by atoms with Gasteiger partial charge in [-0.1, -0.05) is 6.58 Å². The zero-order valence-corrected chi connectivity index (χ0v) is 10.0. The number of rotatable bonds is 3. The summed E-state index contributed by atoms with van der Waals surface area (Å²) in [5, 5.41) is 1.88. The van der Waals surface area contributed by atoms with Crippen molar-refractivity contribution in [2.45, 2.75) is 0 Å². The monoisotopic (exact) mass is 205 g/mol. The minimum absolute atomic E-state index is 0. The van der Waals surface area contributed by atoms with Gasteiger partial charge < -0.3 is 6.74 Å². The van der Waals surface area contributed by atoms with Crippen molar-refractivity contribution in [2.75, 3.05) is 5.88 Å². The van der Waals surface area contributed by atoms with Crippen LogP contribution in [0.25, 0.3) is 0 Å². The molecular formula is C4H8KNO4S. The number of hydrogen-bond donors (Lipinski definition) is 2. The predicted molar refractivity (Wildman–Crippen MR) is 35.9 cm³/mol. The maximum atomic E-state index is 10.3. The van der Waals surface area contributed by atoms with Gasteiger partial charge in [0, 0.05) is 0 Å². The van der Waals surface area contributed by atoms with Crippen molar-refractivity contribution in [1.82, 2.24) is 5.32 Å². The molecule has 2 N–H and O–H groups in total. The SMILES string of the molecule is C=CC(=O)NCS(=O)(=O)O.[H-].[K+]. The summed E-state index contributed by atoms with van der Waals surface area (Å²) < 4.78 is 28.0. The van der Waals surface area contributed by atoms with Gasteiger partial charge in [-0.2, -0.15) is 8.42 Å². The fraction of sp³-hybridized carbons (Fsp3) is 0.250. The van der Waals surface area contributed by atoms with Gasteiger partial charge in [-0.25, -0.2) is 0 Å². The molecule has 0 bridgehead atoms. The molecule has 0 spiro atoms. The third-order valence-electron chi connectivity index (χ3n) is 0.614. The molecule has 1 amide bonds. The van der Waals surface area contributed by atoms with Crippen LogP contribution in [0.2, 0.25) is 0 Å². The van der Waals surface area contributed by atoms with Crippen LogP contribution in [0.15, 0.2) is 12.7 Å². The second-order valence-electron chi connectivity index (χ2n) is 1.47. The Morgan fingerprint density at radius 2 is 2.18 bits per heavy atom. The Hall–Kier alpha value is 0.756. The molecule has 0 radical (unpaired) electrons. The van der Waals surface area contributed by atoms with E-state index in [0.717, 1.165) is 6.08 Å². The van der Waals surface area contributed by atoms with Crippen molar-refractivity contribution in [3.05, 3.63) is 12.7 Å². The van der Waals surface area contributed by atoms with E-state index in [4.69, 9.17) is 4.55 Å². The van der Waals surface area contributed by atoms with Crippen molar-refractivity contribution >= 4 is 16.0 Å². The van der Waals surface area contributed by atoms with Gasteiger partial charge in [-0.3, -0.25) is 9.35 Å². The number of carbonyl (C=O) groups is 1. The van der Waals surface area contributed by atoms with Gasteiger partial charge in [0.25, 0.3) is 10.1 Å². The van der Waals surface area contributed by atoms with Crippen LogP contribution >= 0.6 is 0 Å². The van der Waals surface area contributed by atoms with Gasteiger partial charge in [0.05, 0.1) is 0 Å². The molecule has 5 nitrogen and oxygen atoms in total. The van der Waals surface area contributed by atoms with Crippen LogP contribution in [0.3, 0.4) is 0 Å². The van der Waals surface area contributed by atoms with E-state index in [1.54, 1.807) is 0 Å². The molecule has 0 rings (SSSR count). The maximum absolute atomic E-state index is 10.3. The molecule has 0 aliphatic rings. The molecule has 11 heavy (non-hydrogen) atoms. The minimum atomic E-state index is -4.11. The fourth-order valence-corrected chi connectivity index (χ4v) is 0.559. The Morgan fingerprint density at radius 3 is 2.45 bits per heavy atom. The number of carbonyl (C=O) groups excluding carboxylic acids is 1. The summed E-state index contributed by atoms with van der Waals surface area (Å²) in [5.41, 5.74) is 0. The normalized spacial score (nSPS) is 9.55. The predicted octanol–water partition coefficient (Wildman–Crippen LogP) is -3.75. The van der Waals surface area contributed by atoms with Crippen molar-refractivity contribution in [3.63, 3.8) is 0 Å². The summed E-state index contributed by atoms with van der Waals surface area (Å²) in [5.74, 6) is -1.42. The van der Waals surface area contributed by atoms with Crippen molar-refractivity contribution in [1.29, 1.82) is 0 Å². The molecule has 0 aliphatic heterocycles. The average Bonchev–Trinajstić information content (AvgIpc) is 1.81. The number of nitrogens with one attached hydrogen (secondary N) is 1. The Morgan fingerprint density at radius 1 is 1.73 bits per heavy atom. The first kappa shape index (κ1) is 14.3. The largest absolute Gasteiger partial charge is 1.00 e. The molecule has 0 fully saturated rings. The molecule has 0 heterocycles. The molecule has 0 saturated heterocycles. The quantitative estimate of drug-likeness (QED) is 0.282. The van der Waals surface area contributed by atoms with Crippen molar-refractivity contribution in [3.8, 4) is 0 Å². The van der Waals surface area contributed by atoms with E-state index in [1.165, 1.54) is 0 Å². The van der Waals surface area contributed by atoms with Gasteiger partial charge >= 0.3 is 51.4 Å². The first-order chi connectivity index (χ1) is 4.45. The number of hydrogen-bond acceptors (Lipinski definition) is 3. The van der Waals surface area contributed by atoms with E-state index in [9.17, 15) is 13.2 Å². The molecule has 0 aromatic rings. The van der Waals surface area contributed by atoms with Crippen molar-refractivity contribution in [2.24, 2.45) is 0 Å². The summed E-state index contributed by atoms with van der Waals surface area (Å²) in [7, 11) is -4.11. The molecule has 60 valence electrons. The molecule has 0 unspecified atom stereocenters. The van der Waals surface area contributed by atoms with Gasteiger partial charge in [-0.15, -0.1) is 0 Å². The fourth-order valence-electron chi connectivity index (χ4n) is 0.234. The summed E-state index contributed by atoms with van der Waals surface area (Å²) in [6.45, 7) is 3.07. The van der Waals surface area contributed by atoms with Crippen LogP contribution in [-0.2, 0) is 14.9 Å². The van der Waals surface area contributed by atoms with Crippen LogP contribution in [0.1, 0.15) is 1.43 Å². The Balaban J connectivity index is -0.000000405.